The zero-order valence-electron chi connectivity index (χ0n) is 9.29. The average Bonchev–Trinajstić information content (AvgIpc) is 2.65. The van der Waals surface area contributed by atoms with Gasteiger partial charge in [-0.3, -0.25) is 4.90 Å². The van der Waals surface area contributed by atoms with Gasteiger partial charge in [0, 0.05) is 19.1 Å². The Morgan fingerprint density at radius 2 is 2.43 bits per heavy atom. The van der Waals surface area contributed by atoms with Gasteiger partial charge in [-0.25, -0.2) is 0 Å². The summed E-state index contributed by atoms with van der Waals surface area (Å²) >= 11 is 0. The van der Waals surface area contributed by atoms with Crippen LogP contribution in [-0.2, 0) is 0 Å². The first-order valence-corrected chi connectivity index (χ1v) is 5.62. The number of likely N-dealkylation sites (N-methyl/N-ethyl adjacent to an activating group) is 1. The first kappa shape index (κ1) is 11.5. The first-order valence-electron chi connectivity index (χ1n) is 5.62. The van der Waals surface area contributed by atoms with E-state index >= 15 is 0 Å². The maximum atomic E-state index is 8.62. The fourth-order valence-corrected chi connectivity index (χ4v) is 2.05. The molecule has 0 bridgehead atoms. The van der Waals surface area contributed by atoms with E-state index in [0.717, 1.165) is 19.6 Å². The molecule has 1 aliphatic heterocycles. The number of rotatable bonds is 5. The maximum Gasteiger partial charge on any atom is 0.0666 e. The van der Waals surface area contributed by atoms with Gasteiger partial charge in [0.1, 0.15) is 0 Å². The molecule has 0 aliphatic carbocycles. The van der Waals surface area contributed by atoms with Crippen LogP contribution in [0.5, 0.6) is 0 Å². The van der Waals surface area contributed by atoms with Crippen molar-refractivity contribution in [2.24, 2.45) is 5.92 Å². The Kier molecular flexibility index (Phi) is 4.92. The Labute approximate surface area is 87.1 Å². The van der Waals surface area contributed by atoms with Gasteiger partial charge in [-0.1, -0.05) is 6.92 Å². The molecule has 1 N–H and O–H groups in total. The minimum Gasteiger partial charge on any atom is -0.314 e. The van der Waals surface area contributed by atoms with E-state index in [9.17, 15) is 0 Å². The van der Waals surface area contributed by atoms with Crippen molar-refractivity contribution in [2.75, 3.05) is 26.2 Å². The molecular formula is C11H21N3. The Balaban J connectivity index is 2.15. The second kappa shape index (κ2) is 6.00. The van der Waals surface area contributed by atoms with Crippen LogP contribution in [0, 0.1) is 17.2 Å². The molecule has 0 aromatic carbocycles. The lowest BCUT2D eigenvalue weighted by molar-refractivity contribution is 0.259. The molecule has 80 valence electrons. The van der Waals surface area contributed by atoms with E-state index < -0.39 is 0 Å². The largest absolute Gasteiger partial charge is 0.314 e. The number of nitrogens with one attached hydrogen (secondary N) is 1. The van der Waals surface area contributed by atoms with Gasteiger partial charge in [-0.15, -0.1) is 0 Å². The van der Waals surface area contributed by atoms with Crippen LogP contribution in [0.4, 0.5) is 0 Å². The zero-order valence-corrected chi connectivity index (χ0v) is 9.29. The lowest BCUT2D eigenvalue weighted by Gasteiger charge is -2.23. The molecule has 2 unspecified atom stereocenters. The van der Waals surface area contributed by atoms with Crippen molar-refractivity contribution in [1.82, 2.24) is 10.2 Å². The molecule has 1 aliphatic rings. The normalized spacial score (nSPS) is 24.8. The Hall–Kier alpha value is -0.590. The summed E-state index contributed by atoms with van der Waals surface area (Å²) in [6.45, 7) is 8.44. The van der Waals surface area contributed by atoms with Gasteiger partial charge < -0.3 is 5.32 Å². The molecule has 14 heavy (non-hydrogen) atoms. The van der Waals surface area contributed by atoms with E-state index in [2.05, 4.69) is 23.2 Å². The molecular weight excluding hydrogens is 174 g/mol. The first-order chi connectivity index (χ1) is 6.77. The highest BCUT2D eigenvalue weighted by Crippen LogP contribution is 2.15. The summed E-state index contributed by atoms with van der Waals surface area (Å²) in [5.41, 5.74) is 0. The highest BCUT2D eigenvalue weighted by Gasteiger charge is 2.22. The van der Waals surface area contributed by atoms with Crippen LogP contribution >= 0.6 is 0 Å². The summed E-state index contributed by atoms with van der Waals surface area (Å²) in [6.07, 6.45) is 2.63. The van der Waals surface area contributed by atoms with Crippen molar-refractivity contribution in [3.05, 3.63) is 0 Å². The minimum atomic E-state index is 0.131. The molecule has 3 heteroatoms. The summed E-state index contributed by atoms with van der Waals surface area (Å²) < 4.78 is 0. The molecule has 1 saturated heterocycles. The van der Waals surface area contributed by atoms with Crippen LogP contribution in [0.15, 0.2) is 0 Å². The fraction of sp³-hybridized carbons (Fsp3) is 0.909. The van der Waals surface area contributed by atoms with E-state index in [1.54, 1.807) is 0 Å². The summed E-state index contributed by atoms with van der Waals surface area (Å²) in [4.78, 5) is 2.52. The van der Waals surface area contributed by atoms with E-state index in [-0.39, 0.29) is 5.92 Å². The van der Waals surface area contributed by atoms with Gasteiger partial charge in [0.25, 0.3) is 0 Å². The van der Waals surface area contributed by atoms with Gasteiger partial charge in [0.15, 0.2) is 0 Å². The molecule has 3 nitrogen and oxygen atoms in total. The Morgan fingerprint density at radius 3 is 3.07 bits per heavy atom. The van der Waals surface area contributed by atoms with E-state index in [1.807, 2.05) is 6.92 Å². The number of nitriles is 1. The second-order valence-electron chi connectivity index (χ2n) is 4.11. The third kappa shape index (κ3) is 3.28. The monoisotopic (exact) mass is 195 g/mol. The maximum absolute atomic E-state index is 8.62. The molecule has 0 saturated carbocycles. The smallest absolute Gasteiger partial charge is 0.0666 e. The van der Waals surface area contributed by atoms with Crippen LogP contribution in [0.25, 0.3) is 0 Å². The van der Waals surface area contributed by atoms with E-state index in [0.29, 0.717) is 6.04 Å². The summed E-state index contributed by atoms with van der Waals surface area (Å²) in [7, 11) is 0. The SMILES string of the molecule is CCN1CCCC1CNCC(C)C#N. The number of nitrogens with zero attached hydrogens (tertiary/aromatic N) is 2. The van der Waals surface area contributed by atoms with Gasteiger partial charge in [-0.2, -0.15) is 5.26 Å². The van der Waals surface area contributed by atoms with Crippen LogP contribution in [0.2, 0.25) is 0 Å². The van der Waals surface area contributed by atoms with Gasteiger partial charge in [-0.05, 0) is 32.9 Å². The molecule has 2 atom stereocenters. The molecule has 0 aromatic heterocycles. The van der Waals surface area contributed by atoms with E-state index in [1.165, 1.54) is 19.4 Å². The topological polar surface area (TPSA) is 39.1 Å². The Morgan fingerprint density at radius 1 is 1.64 bits per heavy atom. The van der Waals surface area contributed by atoms with Crippen LogP contribution in [0.1, 0.15) is 26.7 Å². The van der Waals surface area contributed by atoms with Crippen LogP contribution in [-0.4, -0.2) is 37.1 Å². The molecule has 0 amide bonds. The molecule has 0 radical (unpaired) electrons. The number of hydrogen-bond donors (Lipinski definition) is 1. The van der Waals surface area contributed by atoms with Gasteiger partial charge >= 0.3 is 0 Å². The predicted octanol–water partition coefficient (Wildman–Crippen LogP) is 1.22. The molecule has 1 heterocycles. The van der Waals surface area contributed by atoms with Crippen molar-refractivity contribution in [3.8, 4) is 6.07 Å². The van der Waals surface area contributed by atoms with Gasteiger partial charge in [0.2, 0.25) is 0 Å². The highest BCUT2D eigenvalue weighted by atomic mass is 15.2. The van der Waals surface area contributed by atoms with Crippen LogP contribution in [0.3, 0.4) is 0 Å². The lowest BCUT2D eigenvalue weighted by atomic mass is 10.2. The zero-order chi connectivity index (χ0) is 10.4. The number of hydrogen-bond acceptors (Lipinski definition) is 3. The quantitative estimate of drug-likeness (QED) is 0.717. The summed E-state index contributed by atoms with van der Waals surface area (Å²) in [5, 5.41) is 12.0. The van der Waals surface area contributed by atoms with Crippen molar-refractivity contribution in [1.29, 1.82) is 5.26 Å². The predicted molar refractivity (Wildman–Crippen MR) is 57.9 cm³/mol. The van der Waals surface area contributed by atoms with Crippen molar-refractivity contribution in [2.45, 2.75) is 32.7 Å². The average molecular weight is 195 g/mol. The third-order valence-corrected chi connectivity index (χ3v) is 2.96. The minimum absolute atomic E-state index is 0.131. The third-order valence-electron chi connectivity index (χ3n) is 2.96. The van der Waals surface area contributed by atoms with Crippen molar-refractivity contribution >= 4 is 0 Å². The number of likely N-dealkylation sites (tertiary alicyclic amines) is 1. The lowest BCUT2D eigenvalue weighted by Crippen LogP contribution is -2.38. The molecule has 0 aromatic rings. The van der Waals surface area contributed by atoms with Gasteiger partial charge in [0.05, 0.1) is 12.0 Å². The highest BCUT2D eigenvalue weighted by molar-refractivity contribution is 4.83. The molecule has 1 fully saturated rings. The molecule has 1 rings (SSSR count). The summed E-state index contributed by atoms with van der Waals surface area (Å²) in [6, 6.07) is 2.94. The van der Waals surface area contributed by atoms with Crippen molar-refractivity contribution < 1.29 is 0 Å². The summed E-state index contributed by atoms with van der Waals surface area (Å²) in [5.74, 6) is 0.131. The van der Waals surface area contributed by atoms with Crippen LogP contribution < -0.4 is 5.32 Å². The Bertz CT molecular complexity index is 197. The molecule has 0 spiro atoms. The van der Waals surface area contributed by atoms with E-state index in [4.69, 9.17) is 5.26 Å². The second-order valence-corrected chi connectivity index (χ2v) is 4.11. The standard InChI is InChI=1S/C11H21N3/c1-3-14-6-4-5-11(14)9-13-8-10(2)7-12/h10-11,13H,3-6,8-9H2,1-2H3. The fourth-order valence-electron chi connectivity index (χ4n) is 2.05. The van der Waals surface area contributed by atoms with Crippen molar-refractivity contribution in [3.63, 3.8) is 0 Å².